The van der Waals surface area contributed by atoms with Crippen molar-refractivity contribution in [1.82, 2.24) is 4.98 Å². The molecule has 0 bridgehead atoms. The molecule has 0 unspecified atom stereocenters. The Kier molecular flexibility index (Phi) is 3.77. The predicted molar refractivity (Wildman–Crippen MR) is 73.4 cm³/mol. The Morgan fingerprint density at radius 1 is 1.22 bits per heavy atom. The number of aryl methyl sites for hydroxylation is 1. The molecule has 1 aromatic carbocycles. The first kappa shape index (κ1) is 12.8. The molecule has 0 saturated heterocycles. The third kappa shape index (κ3) is 2.59. The molecule has 1 aromatic heterocycles. The van der Waals surface area contributed by atoms with Crippen LogP contribution in [0.15, 0.2) is 41.1 Å². The summed E-state index contributed by atoms with van der Waals surface area (Å²) in [5.41, 5.74) is 3.51. The predicted octanol–water partition coefficient (Wildman–Crippen LogP) is 3.61. The van der Waals surface area contributed by atoms with Crippen molar-refractivity contribution in [2.75, 3.05) is 7.11 Å². The van der Waals surface area contributed by atoms with E-state index >= 15 is 0 Å². The second-order valence-electron chi connectivity index (χ2n) is 3.94. The maximum absolute atomic E-state index is 11.6. The molecule has 3 nitrogen and oxygen atoms in total. The number of hydrogen-bond donors (Lipinski definition) is 0. The van der Waals surface area contributed by atoms with Crippen LogP contribution in [0, 0.1) is 6.92 Å². The Morgan fingerprint density at radius 3 is 2.67 bits per heavy atom. The lowest BCUT2D eigenvalue weighted by Crippen LogP contribution is -2.02. The van der Waals surface area contributed by atoms with Gasteiger partial charge in [-0.1, -0.05) is 6.07 Å². The van der Waals surface area contributed by atoms with E-state index in [1.54, 1.807) is 18.5 Å². The summed E-state index contributed by atoms with van der Waals surface area (Å²) < 4.78 is 5.47. The molecule has 0 aliphatic heterocycles. The van der Waals surface area contributed by atoms with Crippen molar-refractivity contribution in [3.63, 3.8) is 0 Å². The first-order valence-corrected chi connectivity index (χ1v) is 6.21. The second kappa shape index (κ2) is 5.31. The fraction of sp³-hybridized carbons (Fsp3) is 0.143. The van der Waals surface area contributed by atoms with Crippen molar-refractivity contribution in [1.29, 1.82) is 0 Å². The third-order valence-electron chi connectivity index (χ3n) is 2.58. The van der Waals surface area contributed by atoms with Gasteiger partial charge in [0.25, 0.3) is 0 Å². The highest BCUT2D eigenvalue weighted by molar-refractivity contribution is 9.10. The molecule has 0 aliphatic carbocycles. The standard InChI is InChI=1S/C14H12BrNO2/c1-9-5-11(8-16-7-9)10-3-4-13(15)12(6-10)14(17)18-2/h3-8H,1-2H3. The number of hydrogen-bond acceptors (Lipinski definition) is 3. The summed E-state index contributed by atoms with van der Waals surface area (Å²) in [7, 11) is 1.37. The topological polar surface area (TPSA) is 39.2 Å². The Bertz CT molecular complexity index is 596. The van der Waals surface area contributed by atoms with Crippen LogP contribution in [0.4, 0.5) is 0 Å². The van der Waals surface area contributed by atoms with Gasteiger partial charge in [0.1, 0.15) is 0 Å². The second-order valence-corrected chi connectivity index (χ2v) is 4.79. The van der Waals surface area contributed by atoms with Gasteiger partial charge in [-0.25, -0.2) is 4.79 Å². The van der Waals surface area contributed by atoms with Crippen LogP contribution in [0.1, 0.15) is 15.9 Å². The van der Waals surface area contributed by atoms with Gasteiger partial charge in [0, 0.05) is 22.4 Å². The van der Waals surface area contributed by atoms with Gasteiger partial charge in [-0.05, 0) is 52.2 Å². The molecule has 0 radical (unpaired) electrons. The third-order valence-corrected chi connectivity index (χ3v) is 3.27. The molecule has 18 heavy (non-hydrogen) atoms. The highest BCUT2D eigenvalue weighted by Crippen LogP contribution is 2.26. The number of halogens is 1. The van der Waals surface area contributed by atoms with Gasteiger partial charge in [0.15, 0.2) is 0 Å². The summed E-state index contributed by atoms with van der Waals surface area (Å²) in [6, 6.07) is 7.60. The zero-order chi connectivity index (χ0) is 13.1. The molecule has 0 N–H and O–H groups in total. The number of rotatable bonds is 2. The summed E-state index contributed by atoms with van der Waals surface area (Å²) >= 11 is 3.34. The number of benzene rings is 1. The Morgan fingerprint density at radius 2 is 2.00 bits per heavy atom. The average molecular weight is 306 g/mol. The summed E-state index contributed by atoms with van der Waals surface area (Å²) in [6.45, 7) is 1.98. The summed E-state index contributed by atoms with van der Waals surface area (Å²) in [5, 5.41) is 0. The van der Waals surface area contributed by atoms with Crippen LogP contribution in [0.25, 0.3) is 11.1 Å². The SMILES string of the molecule is COC(=O)c1cc(-c2cncc(C)c2)ccc1Br. The highest BCUT2D eigenvalue weighted by atomic mass is 79.9. The molecule has 92 valence electrons. The molecule has 0 amide bonds. The van der Waals surface area contributed by atoms with Crippen LogP contribution in [-0.2, 0) is 4.74 Å². The molecular formula is C14H12BrNO2. The van der Waals surface area contributed by atoms with Gasteiger partial charge in [0.2, 0.25) is 0 Å². The summed E-state index contributed by atoms with van der Waals surface area (Å²) in [6.07, 6.45) is 3.57. The van der Waals surface area contributed by atoms with Crippen molar-refractivity contribution >= 4 is 21.9 Å². The Labute approximate surface area is 114 Å². The molecule has 0 saturated carbocycles. The first-order chi connectivity index (χ1) is 8.61. The van der Waals surface area contributed by atoms with Gasteiger partial charge in [-0.3, -0.25) is 4.98 Å². The number of nitrogens with zero attached hydrogens (tertiary/aromatic N) is 1. The summed E-state index contributed by atoms with van der Waals surface area (Å²) in [5.74, 6) is -0.357. The van der Waals surface area contributed by atoms with Gasteiger partial charge in [-0.2, -0.15) is 0 Å². The Balaban J connectivity index is 2.50. The molecule has 1 heterocycles. The fourth-order valence-corrected chi connectivity index (χ4v) is 2.09. The van der Waals surface area contributed by atoms with Crippen LogP contribution in [-0.4, -0.2) is 18.1 Å². The van der Waals surface area contributed by atoms with Crippen LogP contribution in [0.3, 0.4) is 0 Å². The zero-order valence-electron chi connectivity index (χ0n) is 10.1. The quantitative estimate of drug-likeness (QED) is 0.796. The molecule has 0 aliphatic rings. The van der Waals surface area contributed by atoms with Crippen LogP contribution >= 0.6 is 15.9 Å². The molecule has 4 heteroatoms. The maximum Gasteiger partial charge on any atom is 0.339 e. The van der Waals surface area contributed by atoms with Crippen molar-refractivity contribution < 1.29 is 9.53 Å². The minimum atomic E-state index is -0.357. The molecule has 2 rings (SSSR count). The monoisotopic (exact) mass is 305 g/mol. The van der Waals surface area contributed by atoms with E-state index in [0.717, 1.165) is 21.2 Å². The molecule has 2 aromatic rings. The largest absolute Gasteiger partial charge is 0.465 e. The maximum atomic E-state index is 11.6. The molecule has 0 spiro atoms. The van der Waals surface area contributed by atoms with E-state index in [9.17, 15) is 4.79 Å². The number of esters is 1. The van der Waals surface area contributed by atoms with E-state index in [0.29, 0.717) is 5.56 Å². The lowest BCUT2D eigenvalue weighted by Gasteiger charge is -2.07. The van der Waals surface area contributed by atoms with Gasteiger partial charge < -0.3 is 4.74 Å². The van der Waals surface area contributed by atoms with Crippen molar-refractivity contribution in [2.45, 2.75) is 6.92 Å². The van der Waals surface area contributed by atoms with Crippen LogP contribution < -0.4 is 0 Å². The first-order valence-electron chi connectivity index (χ1n) is 5.41. The number of carbonyl (C=O) groups is 1. The smallest absolute Gasteiger partial charge is 0.339 e. The number of pyridine rings is 1. The number of methoxy groups -OCH3 is 1. The van der Waals surface area contributed by atoms with E-state index < -0.39 is 0 Å². The summed E-state index contributed by atoms with van der Waals surface area (Å²) in [4.78, 5) is 15.8. The van der Waals surface area contributed by atoms with E-state index in [1.807, 2.05) is 25.1 Å². The van der Waals surface area contributed by atoms with Crippen molar-refractivity contribution in [2.24, 2.45) is 0 Å². The van der Waals surface area contributed by atoms with Gasteiger partial charge >= 0.3 is 5.97 Å². The number of aromatic nitrogens is 1. The van der Waals surface area contributed by atoms with E-state index in [2.05, 4.69) is 20.9 Å². The molecule has 0 atom stereocenters. The Hall–Kier alpha value is -1.68. The van der Waals surface area contributed by atoms with Crippen molar-refractivity contribution in [3.8, 4) is 11.1 Å². The fourth-order valence-electron chi connectivity index (χ4n) is 1.68. The minimum absolute atomic E-state index is 0.357. The van der Waals surface area contributed by atoms with E-state index in [4.69, 9.17) is 4.74 Å². The van der Waals surface area contributed by atoms with Crippen LogP contribution in [0.2, 0.25) is 0 Å². The lowest BCUT2D eigenvalue weighted by molar-refractivity contribution is 0.0600. The van der Waals surface area contributed by atoms with Crippen LogP contribution in [0.5, 0.6) is 0 Å². The molecular weight excluding hydrogens is 294 g/mol. The lowest BCUT2D eigenvalue weighted by atomic mass is 10.0. The van der Waals surface area contributed by atoms with E-state index in [-0.39, 0.29) is 5.97 Å². The van der Waals surface area contributed by atoms with E-state index in [1.165, 1.54) is 7.11 Å². The molecule has 0 fully saturated rings. The normalized spacial score (nSPS) is 10.2. The zero-order valence-corrected chi connectivity index (χ0v) is 11.7. The van der Waals surface area contributed by atoms with Gasteiger partial charge in [-0.15, -0.1) is 0 Å². The average Bonchev–Trinajstić information content (AvgIpc) is 2.38. The minimum Gasteiger partial charge on any atom is -0.465 e. The highest BCUT2D eigenvalue weighted by Gasteiger charge is 2.11. The van der Waals surface area contributed by atoms with Gasteiger partial charge in [0.05, 0.1) is 12.7 Å². The number of carbonyl (C=O) groups excluding carboxylic acids is 1. The number of ether oxygens (including phenoxy) is 1. The van der Waals surface area contributed by atoms with Crippen molar-refractivity contribution in [3.05, 3.63) is 52.3 Å².